The van der Waals surface area contributed by atoms with Gasteiger partial charge in [-0.05, 0) is 49.4 Å². The highest BCUT2D eigenvalue weighted by molar-refractivity contribution is 6.13. The van der Waals surface area contributed by atoms with Crippen molar-refractivity contribution in [3.8, 4) is 5.75 Å². The van der Waals surface area contributed by atoms with E-state index < -0.39 is 88.9 Å². The Morgan fingerprint density at radius 1 is 0.891 bits per heavy atom. The van der Waals surface area contributed by atoms with Gasteiger partial charge in [0.15, 0.2) is 0 Å². The monoisotopic (exact) mass is 769 g/mol. The predicted molar refractivity (Wildman–Crippen MR) is 201 cm³/mol. The van der Waals surface area contributed by atoms with Crippen LogP contribution in [-0.4, -0.2) is 112 Å². The number of amides is 5. The molecule has 55 heavy (non-hydrogen) atoms. The van der Waals surface area contributed by atoms with Crippen LogP contribution in [0.15, 0.2) is 48.1 Å². The van der Waals surface area contributed by atoms with Crippen LogP contribution in [0.4, 0.5) is 0 Å². The Labute approximate surface area is 321 Å². The number of benzene rings is 1. The molecule has 16 nitrogen and oxygen atoms in total. The molecule has 2 rings (SSSR count). The predicted octanol–water partition coefficient (Wildman–Crippen LogP) is 2.17. The first-order valence-corrected chi connectivity index (χ1v) is 17.9. The molecule has 302 valence electrons. The van der Waals surface area contributed by atoms with Crippen molar-refractivity contribution >= 4 is 47.4 Å². The number of rotatable bonds is 19. The number of aliphatic carboxylic acids is 2. The minimum absolute atomic E-state index is 0.111. The van der Waals surface area contributed by atoms with Gasteiger partial charge >= 0.3 is 17.9 Å². The van der Waals surface area contributed by atoms with Crippen LogP contribution in [0.5, 0.6) is 5.75 Å². The molecule has 0 radical (unpaired) electrons. The number of hydrogen-bond donors (Lipinski definition) is 5. The minimum atomic E-state index is -1.42. The maximum atomic E-state index is 14.2. The number of esters is 1. The molecular formula is C39H55N5O11. The van der Waals surface area contributed by atoms with Gasteiger partial charge < -0.3 is 35.8 Å². The summed E-state index contributed by atoms with van der Waals surface area (Å²) >= 11 is 0. The van der Waals surface area contributed by atoms with Crippen molar-refractivity contribution in [2.24, 2.45) is 11.3 Å². The van der Waals surface area contributed by atoms with E-state index in [-0.39, 0.29) is 36.6 Å². The van der Waals surface area contributed by atoms with Crippen LogP contribution in [0.3, 0.4) is 0 Å². The minimum Gasteiger partial charge on any atom is -0.481 e. The third kappa shape index (κ3) is 12.6. The Hall–Kier alpha value is -5.38. The van der Waals surface area contributed by atoms with Gasteiger partial charge in [0.1, 0.15) is 17.8 Å². The number of likely N-dealkylation sites (N-methyl/N-ethyl adjacent to an activating group) is 2. The summed E-state index contributed by atoms with van der Waals surface area (Å²) in [5.74, 6) is -5.78. The Bertz CT molecular complexity index is 1670. The van der Waals surface area contributed by atoms with Gasteiger partial charge in [0.2, 0.25) is 17.7 Å². The van der Waals surface area contributed by atoms with Crippen LogP contribution in [0.1, 0.15) is 80.2 Å². The smallest absolute Gasteiger partial charge is 0.326 e. The molecule has 0 aromatic heterocycles. The number of nitrogens with one attached hydrogen (secondary N) is 3. The number of carboxylic acids is 2. The summed E-state index contributed by atoms with van der Waals surface area (Å²) in [6.07, 6.45) is 2.87. The van der Waals surface area contributed by atoms with Crippen LogP contribution >= 0.6 is 0 Å². The maximum absolute atomic E-state index is 14.2. The summed E-state index contributed by atoms with van der Waals surface area (Å²) in [5, 5.41) is 26.8. The van der Waals surface area contributed by atoms with Gasteiger partial charge in [-0.25, -0.2) is 4.79 Å². The second kappa shape index (κ2) is 19.3. The lowest BCUT2D eigenvalue weighted by molar-refractivity contribution is -0.143. The third-order valence-corrected chi connectivity index (χ3v) is 9.45. The Kier molecular flexibility index (Phi) is 16.0. The molecule has 1 aliphatic rings. The third-order valence-electron chi connectivity index (χ3n) is 9.45. The molecule has 0 fully saturated rings. The average molecular weight is 770 g/mol. The van der Waals surface area contributed by atoms with Gasteiger partial charge in [0.05, 0.1) is 18.5 Å². The van der Waals surface area contributed by atoms with E-state index in [1.165, 1.54) is 11.8 Å². The molecule has 16 heteroatoms. The molecule has 1 aromatic carbocycles. The van der Waals surface area contributed by atoms with Crippen molar-refractivity contribution in [1.29, 1.82) is 0 Å². The van der Waals surface area contributed by atoms with Crippen molar-refractivity contribution in [3.05, 3.63) is 53.6 Å². The molecule has 2 unspecified atom stereocenters. The molecule has 0 saturated carbocycles. The molecule has 1 heterocycles. The first kappa shape index (κ1) is 45.8. The van der Waals surface area contributed by atoms with Gasteiger partial charge in [0.25, 0.3) is 11.8 Å². The van der Waals surface area contributed by atoms with E-state index >= 15 is 0 Å². The summed E-state index contributed by atoms with van der Waals surface area (Å²) in [5.41, 5.74) is -0.781. The highest BCUT2D eigenvalue weighted by Crippen LogP contribution is 2.30. The zero-order valence-corrected chi connectivity index (χ0v) is 33.2. The SMILES string of the molecule is CNC(C(=O)N[C@H](C(=O)N(C)C(/C=C(\C)C(=O)N[C@H](CCC(=O)O)C(=O)O)C(C)C)C(C)(C)C)C(C)(C)c1ccc(OC(=O)CCN2C(=O)C=CC2=O)cc1. The summed E-state index contributed by atoms with van der Waals surface area (Å²) in [7, 11) is 3.18. The second-order valence-electron chi connectivity index (χ2n) is 15.5. The molecule has 1 aromatic rings. The van der Waals surface area contributed by atoms with Crippen molar-refractivity contribution in [2.75, 3.05) is 20.6 Å². The van der Waals surface area contributed by atoms with Crippen LogP contribution in [0.25, 0.3) is 0 Å². The van der Waals surface area contributed by atoms with E-state index in [2.05, 4.69) is 16.0 Å². The quantitative estimate of drug-likeness (QED) is 0.0591. The van der Waals surface area contributed by atoms with Gasteiger partial charge in [-0.3, -0.25) is 38.5 Å². The number of carbonyl (C=O) groups is 8. The molecule has 0 aliphatic carbocycles. The zero-order valence-electron chi connectivity index (χ0n) is 33.2. The van der Waals surface area contributed by atoms with Crippen LogP contribution in [0.2, 0.25) is 0 Å². The standard InChI is InChI=1S/C39H55N5O11/c1-22(2)27(21-23(3)34(50)41-26(37(53)54)15-18-30(47)48)43(10)36(52)33(38(4,5)6)42-35(51)32(40-9)39(7,8)24-11-13-25(14-12-24)55-31(49)19-20-44-28(45)16-17-29(44)46/h11-14,16-17,21-22,26-27,32-33,40H,15,18-20H2,1-10H3,(H,41,50)(H,42,51)(H,47,48)(H,53,54)/b23-21+/t26-,27?,32?,33-/m1/s1. The molecule has 5 N–H and O–H groups in total. The summed E-state index contributed by atoms with van der Waals surface area (Å²) in [4.78, 5) is 102. The summed E-state index contributed by atoms with van der Waals surface area (Å²) in [6.45, 7) is 14.2. The largest absolute Gasteiger partial charge is 0.481 e. The summed E-state index contributed by atoms with van der Waals surface area (Å²) < 4.78 is 5.39. The number of ether oxygens (including phenoxy) is 1. The number of nitrogens with zero attached hydrogens (tertiary/aromatic N) is 2. The number of hydrogen-bond acceptors (Lipinski definition) is 10. The van der Waals surface area contributed by atoms with Gasteiger partial charge in [-0.2, -0.15) is 0 Å². The van der Waals surface area contributed by atoms with E-state index in [4.69, 9.17) is 9.84 Å². The van der Waals surface area contributed by atoms with Crippen molar-refractivity contribution in [1.82, 2.24) is 25.8 Å². The molecule has 5 amide bonds. The van der Waals surface area contributed by atoms with Crippen LogP contribution in [-0.2, 0) is 43.8 Å². The Morgan fingerprint density at radius 3 is 1.93 bits per heavy atom. The van der Waals surface area contributed by atoms with E-state index in [0.29, 0.717) is 5.56 Å². The van der Waals surface area contributed by atoms with Gasteiger partial charge in [0, 0.05) is 43.2 Å². The number of carboxylic acid groups (broad SMARTS) is 2. The van der Waals surface area contributed by atoms with E-state index in [9.17, 15) is 43.5 Å². The zero-order chi connectivity index (χ0) is 42.0. The van der Waals surface area contributed by atoms with E-state index in [1.807, 2.05) is 48.5 Å². The maximum Gasteiger partial charge on any atom is 0.326 e. The topological polar surface area (TPSA) is 229 Å². The number of imide groups is 1. The molecule has 1 aliphatic heterocycles. The fourth-order valence-corrected chi connectivity index (χ4v) is 6.08. The normalized spacial score (nSPS) is 15.6. The highest BCUT2D eigenvalue weighted by atomic mass is 16.5. The fraction of sp³-hybridized carbons (Fsp3) is 0.538. The Morgan fingerprint density at radius 2 is 1.45 bits per heavy atom. The van der Waals surface area contributed by atoms with Gasteiger partial charge in [-0.1, -0.05) is 66.7 Å². The first-order valence-electron chi connectivity index (χ1n) is 17.9. The second-order valence-corrected chi connectivity index (χ2v) is 15.5. The molecule has 4 atom stereocenters. The molecule has 0 saturated heterocycles. The van der Waals surface area contributed by atoms with E-state index in [1.54, 1.807) is 44.4 Å². The van der Waals surface area contributed by atoms with Crippen molar-refractivity contribution in [2.45, 2.75) is 104 Å². The molecule has 0 bridgehead atoms. The lowest BCUT2D eigenvalue weighted by Crippen LogP contribution is -2.61. The van der Waals surface area contributed by atoms with E-state index in [0.717, 1.165) is 17.1 Å². The lowest BCUT2D eigenvalue weighted by Gasteiger charge is -2.40. The van der Waals surface area contributed by atoms with Crippen LogP contribution in [0, 0.1) is 11.3 Å². The Balaban J connectivity index is 2.22. The van der Waals surface area contributed by atoms with Gasteiger partial charge in [-0.15, -0.1) is 0 Å². The van der Waals surface area contributed by atoms with Crippen LogP contribution < -0.4 is 20.7 Å². The molecule has 0 spiro atoms. The highest BCUT2D eigenvalue weighted by Gasteiger charge is 2.42. The van der Waals surface area contributed by atoms with Crippen molar-refractivity contribution in [3.63, 3.8) is 0 Å². The summed E-state index contributed by atoms with van der Waals surface area (Å²) in [6, 6.07) is 2.64. The number of carbonyl (C=O) groups excluding carboxylic acids is 6. The fourth-order valence-electron chi connectivity index (χ4n) is 6.08. The average Bonchev–Trinajstić information content (AvgIpc) is 3.41. The van der Waals surface area contributed by atoms with Crippen molar-refractivity contribution < 1.29 is 53.3 Å². The molecular weight excluding hydrogens is 714 g/mol. The lowest BCUT2D eigenvalue weighted by atomic mass is 9.76. The first-order chi connectivity index (χ1) is 25.4.